The summed E-state index contributed by atoms with van der Waals surface area (Å²) in [7, 11) is 0. The molecule has 1 aromatic carbocycles. The van der Waals surface area contributed by atoms with E-state index in [2.05, 4.69) is 51.6 Å². The Morgan fingerprint density at radius 3 is 2.63 bits per heavy atom. The molecule has 1 aliphatic carbocycles. The number of carbonyl (C=O) groups is 1. The second-order valence-electron chi connectivity index (χ2n) is 8.73. The van der Waals surface area contributed by atoms with Gasteiger partial charge in [-0.3, -0.25) is 9.89 Å². The van der Waals surface area contributed by atoms with Gasteiger partial charge in [0.1, 0.15) is 0 Å². The van der Waals surface area contributed by atoms with E-state index in [1.807, 2.05) is 6.07 Å². The molecule has 5 heteroatoms. The first kappa shape index (κ1) is 17.0. The van der Waals surface area contributed by atoms with E-state index < -0.39 is 0 Å². The minimum atomic E-state index is -0.145. The van der Waals surface area contributed by atoms with Crippen LogP contribution in [0.25, 0.3) is 11.3 Å². The Bertz CT molecular complexity index is 852. The number of piperidine rings is 1. The smallest absolute Gasteiger partial charge is 0.229 e. The largest absolute Gasteiger partial charge is 0.341 e. The number of rotatable bonds is 2. The van der Waals surface area contributed by atoms with Crippen molar-refractivity contribution in [1.29, 1.82) is 0 Å². The summed E-state index contributed by atoms with van der Waals surface area (Å²) in [4.78, 5) is 15.5. The lowest BCUT2D eigenvalue weighted by atomic mass is 9.85. The van der Waals surface area contributed by atoms with Crippen LogP contribution in [0.4, 0.5) is 0 Å². The fourth-order valence-corrected chi connectivity index (χ4v) is 5.44. The summed E-state index contributed by atoms with van der Waals surface area (Å²) in [6, 6.07) is 10.3. The summed E-state index contributed by atoms with van der Waals surface area (Å²) in [5.41, 5.74) is 4.79. The Labute approximate surface area is 160 Å². The summed E-state index contributed by atoms with van der Waals surface area (Å²) in [6.07, 6.45) is 5.10. The minimum Gasteiger partial charge on any atom is -0.341 e. The molecule has 5 nitrogen and oxygen atoms in total. The predicted molar refractivity (Wildman–Crippen MR) is 105 cm³/mol. The first-order valence-electron chi connectivity index (χ1n) is 10.2. The van der Waals surface area contributed by atoms with Crippen molar-refractivity contribution < 1.29 is 4.79 Å². The van der Waals surface area contributed by atoms with Gasteiger partial charge in [-0.2, -0.15) is 5.10 Å². The van der Waals surface area contributed by atoms with Gasteiger partial charge < -0.3 is 10.2 Å². The maximum Gasteiger partial charge on any atom is 0.229 e. The van der Waals surface area contributed by atoms with Crippen LogP contribution in [0.5, 0.6) is 0 Å². The van der Waals surface area contributed by atoms with Crippen LogP contribution in [-0.2, 0) is 17.6 Å². The number of fused-ring (bicyclic) bond motifs is 1. The summed E-state index contributed by atoms with van der Waals surface area (Å²) >= 11 is 0. The molecule has 1 saturated heterocycles. The highest BCUT2D eigenvalue weighted by molar-refractivity contribution is 5.87. The van der Waals surface area contributed by atoms with Gasteiger partial charge in [0.2, 0.25) is 5.91 Å². The molecule has 1 aromatic heterocycles. The second kappa shape index (κ2) is 6.20. The number of benzene rings is 1. The van der Waals surface area contributed by atoms with Crippen molar-refractivity contribution in [3.05, 3.63) is 41.6 Å². The molecule has 1 atom stereocenters. The molecule has 5 rings (SSSR count). The van der Waals surface area contributed by atoms with Gasteiger partial charge in [-0.05, 0) is 44.2 Å². The van der Waals surface area contributed by atoms with E-state index in [0.717, 1.165) is 69.5 Å². The molecular weight excluding hydrogens is 336 g/mol. The average Bonchev–Trinajstić information content (AvgIpc) is 3.16. The van der Waals surface area contributed by atoms with Crippen molar-refractivity contribution in [2.45, 2.75) is 39.0 Å². The van der Waals surface area contributed by atoms with Gasteiger partial charge in [0, 0.05) is 36.3 Å². The van der Waals surface area contributed by atoms with Crippen LogP contribution in [0, 0.1) is 10.8 Å². The van der Waals surface area contributed by atoms with E-state index in [1.165, 1.54) is 11.3 Å². The Morgan fingerprint density at radius 1 is 1.11 bits per heavy atom. The van der Waals surface area contributed by atoms with Crippen LogP contribution in [0.15, 0.2) is 30.3 Å². The molecule has 0 radical (unpaired) electrons. The topological polar surface area (TPSA) is 61.0 Å². The van der Waals surface area contributed by atoms with Crippen LogP contribution in [0.3, 0.4) is 0 Å². The maximum atomic E-state index is 13.4. The van der Waals surface area contributed by atoms with Crippen molar-refractivity contribution in [2.75, 3.05) is 26.2 Å². The van der Waals surface area contributed by atoms with Crippen molar-refractivity contribution >= 4 is 5.91 Å². The number of amides is 1. The molecule has 2 fully saturated rings. The SMILES string of the molecule is CC1(C(=O)N2CCc3[nH]nc(-c4ccccc4)c3CC2)CC12CCNCC2. The fourth-order valence-electron chi connectivity index (χ4n) is 5.44. The summed E-state index contributed by atoms with van der Waals surface area (Å²) in [5, 5.41) is 11.3. The Balaban J connectivity index is 1.34. The number of nitrogens with one attached hydrogen (secondary N) is 2. The predicted octanol–water partition coefficient (Wildman–Crippen LogP) is 2.78. The third-order valence-corrected chi connectivity index (χ3v) is 7.32. The van der Waals surface area contributed by atoms with Gasteiger partial charge in [0.15, 0.2) is 0 Å². The molecule has 2 aromatic rings. The first-order valence-corrected chi connectivity index (χ1v) is 10.2. The summed E-state index contributed by atoms with van der Waals surface area (Å²) in [5.74, 6) is 0.378. The second-order valence-corrected chi connectivity index (χ2v) is 8.73. The van der Waals surface area contributed by atoms with Gasteiger partial charge in [0.05, 0.1) is 11.1 Å². The molecule has 1 saturated carbocycles. The molecule has 3 heterocycles. The van der Waals surface area contributed by atoms with Crippen LogP contribution in [0.1, 0.15) is 37.4 Å². The molecular formula is C22H28N4O. The zero-order valence-electron chi connectivity index (χ0n) is 16.1. The normalized spacial score (nSPS) is 26.5. The van der Waals surface area contributed by atoms with E-state index >= 15 is 0 Å². The van der Waals surface area contributed by atoms with Crippen molar-refractivity contribution in [3.63, 3.8) is 0 Å². The molecule has 3 aliphatic rings. The lowest BCUT2D eigenvalue weighted by Crippen LogP contribution is -2.42. The van der Waals surface area contributed by atoms with Gasteiger partial charge in [-0.15, -0.1) is 0 Å². The monoisotopic (exact) mass is 364 g/mol. The molecule has 2 N–H and O–H groups in total. The van der Waals surface area contributed by atoms with E-state index in [1.54, 1.807) is 0 Å². The Kier molecular flexibility index (Phi) is 3.90. The van der Waals surface area contributed by atoms with Crippen LogP contribution < -0.4 is 5.32 Å². The number of hydrogen-bond donors (Lipinski definition) is 2. The lowest BCUT2D eigenvalue weighted by molar-refractivity contribution is -0.138. The first-order chi connectivity index (χ1) is 13.1. The molecule has 0 bridgehead atoms. The number of nitrogens with zero attached hydrogens (tertiary/aromatic N) is 2. The summed E-state index contributed by atoms with van der Waals surface area (Å²) < 4.78 is 0. The van der Waals surface area contributed by atoms with E-state index in [0.29, 0.717) is 5.91 Å². The highest BCUT2D eigenvalue weighted by Crippen LogP contribution is 2.69. The standard InChI is InChI=1S/C22H28N4O/c1-21(15-22(21)9-11-23-12-10-22)20(27)26-13-7-17-18(8-14-26)24-25-19(17)16-5-3-2-4-6-16/h2-6,23H,7-15H2,1H3,(H,24,25). The number of carbonyl (C=O) groups excluding carboxylic acids is 1. The number of aromatic amines is 1. The third kappa shape index (κ3) is 2.63. The van der Waals surface area contributed by atoms with Gasteiger partial charge in [0.25, 0.3) is 0 Å². The zero-order chi connectivity index (χ0) is 18.5. The van der Waals surface area contributed by atoms with Crippen molar-refractivity contribution in [3.8, 4) is 11.3 Å². The fraction of sp³-hybridized carbons (Fsp3) is 0.545. The number of H-pyrrole nitrogens is 1. The van der Waals surface area contributed by atoms with E-state index in [4.69, 9.17) is 0 Å². The molecule has 1 unspecified atom stereocenters. The Hall–Kier alpha value is -2.14. The molecule has 142 valence electrons. The third-order valence-electron chi connectivity index (χ3n) is 7.32. The lowest BCUT2D eigenvalue weighted by Gasteiger charge is -2.31. The molecule has 1 spiro atoms. The molecule has 27 heavy (non-hydrogen) atoms. The quantitative estimate of drug-likeness (QED) is 0.861. The van der Waals surface area contributed by atoms with Gasteiger partial charge in [-0.25, -0.2) is 0 Å². The summed E-state index contributed by atoms with van der Waals surface area (Å²) in [6.45, 7) is 5.92. The van der Waals surface area contributed by atoms with Gasteiger partial charge >= 0.3 is 0 Å². The van der Waals surface area contributed by atoms with Crippen molar-refractivity contribution in [2.24, 2.45) is 10.8 Å². The highest BCUT2D eigenvalue weighted by Gasteiger charge is 2.68. The highest BCUT2D eigenvalue weighted by atomic mass is 16.2. The number of aromatic nitrogens is 2. The average molecular weight is 364 g/mol. The molecule has 2 aliphatic heterocycles. The van der Waals surface area contributed by atoms with E-state index in [9.17, 15) is 4.79 Å². The minimum absolute atomic E-state index is 0.145. The zero-order valence-corrected chi connectivity index (χ0v) is 16.1. The molecule has 1 amide bonds. The maximum absolute atomic E-state index is 13.4. The van der Waals surface area contributed by atoms with Crippen LogP contribution in [-0.4, -0.2) is 47.2 Å². The number of hydrogen-bond acceptors (Lipinski definition) is 3. The van der Waals surface area contributed by atoms with Crippen molar-refractivity contribution in [1.82, 2.24) is 20.4 Å². The Morgan fingerprint density at radius 2 is 1.85 bits per heavy atom. The van der Waals surface area contributed by atoms with Crippen LogP contribution in [0.2, 0.25) is 0 Å². The van der Waals surface area contributed by atoms with E-state index in [-0.39, 0.29) is 10.8 Å². The van der Waals surface area contributed by atoms with Crippen LogP contribution >= 0.6 is 0 Å². The van der Waals surface area contributed by atoms with Gasteiger partial charge in [-0.1, -0.05) is 37.3 Å².